The highest BCUT2D eigenvalue weighted by atomic mass is 16.8. The van der Waals surface area contributed by atoms with E-state index < -0.39 is 17.7 Å². The molecular formula is C19H21NO7. The highest BCUT2D eigenvalue weighted by Gasteiger charge is 2.58. The minimum Gasteiger partial charge on any atom is -0.469 e. The number of nitrogens with one attached hydrogen (secondary N) is 1. The third-order valence-corrected chi connectivity index (χ3v) is 5.83. The summed E-state index contributed by atoms with van der Waals surface area (Å²) in [6.45, 7) is 3.79. The first-order valence-electron chi connectivity index (χ1n) is 9.06. The fraction of sp³-hybridized carbons (Fsp3) is 0.579. The predicted molar refractivity (Wildman–Crippen MR) is 90.5 cm³/mol. The van der Waals surface area contributed by atoms with Crippen molar-refractivity contribution in [2.24, 2.45) is 5.92 Å². The molecule has 0 aromatic heterocycles. The van der Waals surface area contributed by atoms with Crippen LogP contribution in [0.15, 0.2) is 12.1 Å². The van der Waals surface area contributed by atoms with E-state index in [4.69, 9.17) is 23.7 Å². The molecule has 3 heterocycles. The van der Waals surface area contributed by atoms with Gasteiger partial charge in [0.05, 0.1) is 25.2 Å². The van der Waals surface area contributed by atoms with Crippen LogP contribution in [0.3, 0.4) is 0 Å². The summed E-state index contributed by atoms with van der Waals surface area (Å²) < 4.78 is 28.1. The molecule has 0 radical (unpaired) electrons. The molecule has 1 aromatic rings. The van der Waals surface area contributed by atoms with Gasteiger partial charge < -0.3 is 29.0 Å². The summed E-state index contributed by atoms with van der Waals surface area (Å²) in [5, 5.41) is 3.04. The number of benzene rings is 1. The Kier molecular flexibility index (Phi) is 3.48. The van der Waals surface area contributed by atoms with E-state index in [9.17, 15) is 9.59 Å². The van der Waals surface area contributed by atoms with E-state index in [1.54, 1.807) is 6.07 Å². The summed E-state index contributed by atoms with van der Waals surface area (Å²) in [5.41, 5.74) is 1.25. The smallest absolute Gasteiger partial charge is 0.309 e. The predicted octanol–water partition coefficient (Wildman–Crippen LogP) is 1.32. The van der Waals surface area contributed by atoms with Crippen LogP contribution in [0.4, 0.5) is 0 Å². The number of amides is 1. The van der Waals surface area contributed by atoms with Gasteiger partial charge in [-0.3, -0.25) is 9.59 Å². The lowest BCUT2D eigenvalue weighted by Gasteiger charge is -2.45. The van der Waals surface area contributed by atoms with Gasteiger partial charge in [-0.2, -0.15) is 0 Å². The molecule has 1 aliphatic carbocycles. The third-order valence-electron chi connectivity index (χ3n) is 5.83. The normalized spacial score (nSPS) is 34.9. The number of hydrogen-bond donors (Lipinski definition) is 1. The molecular weight excluding hydrogens is 354 g/mol. The van der Waals surface area contributed by atoms with Crippen molar-refractivity contribution in [3.05, 3.63) is 23.3 Å². The SMILES string of the molecule is COC(=O)C1CC2OC(C)(C)OC2C2NC(=O)c3cc4c(cc3C12)OCO4. The van der Waals surface area contributed by atoms with Crippen LogP contribution in [0.5, 0.6) is 11.5 Å². The molecule has 2 fully saturated rings. The summed E-state index contributed by atoms with van der Waals surface area (Å²) in [7, 11) is 1.38. The molecule has 5 unspecified atom stereocenters. The van der Waals surface area contributed by atoms with Gasteiger partial charge >= 0.3 is 5.97 Å². The van der Waals surface area contributed by atoms with Crippen LogP contribution in [-0.4, -0.2) is 49.8 Å². The molecule has 1 saturated carbocycles. The number of fused-ring (bicyclic) bond motifs is 6. The Bertz CT molecular complexity index is 836. The third kappa shape index (κ3) is 2.43. The highest BCUT2D eigenvalue weighted by molar-refractivity contribution is 5.99. The Morgan fingerprint density at radius 3 is 2.70 bits per heavy atom. The van der Waals surface area contributed by atoms with Gasteiger partial charge in [-0.25, -0.2) is 0 Å². The molecule has 1 amide bonds. The Hall–Kier alpha value is -2.32. The second kappa shape index (κ2) is 5.59. The van der Waals surface area contributed by atoms with Gasteiger partial charge in [0.15, 0.2) is 17.3 Å². The zero-order valence-corrected chi connectivity index (χ0v) is 15.3. The zero-order chi connectivity index (χ0) is 18.9. The molecule has 8 heteroatoms. The number of ether oxygens (including phenoxy) is 5. The first-order chi connectivity index (χ1) is 12.9. The van der Waals surface area contributed by atoms with Gasteiger partial charge in [-0.15, -0.1) is 0 Å². The van der Waals surface area contributed by atoms with Crippen molar-refractivity contribution in [2.75, 3.05) is 13.9 Å². The monoisotopic (exact) mass is 375 g/mol. The number of esters is 1. The van der Waals surface area contributed by atoms with Crippen molar-refractivity contribution in [3.63, 3.8) is 0 Å². The van der Waals surface area contributed by atoms with E-state index in [0.717, 1.165) is 5.56 Å². The molecule has 1 aromatic carbocycles. The topological polar surface area (TPSA) is 92.3 Å². The van der Waals surface area contributed by atoms with Crippen LogP contribution in [0, 0.1) is 5.92 Å². The van der Waals surface area contributed by atoms with Crippen LogP contribution in [0.1, 0.15) is 42.1 Å². The van der Waals surface area contributed by atoms with Gasteiger partial charge in [0.2, 0.25) is 6.79 Å². The summed E-state index contributed by atoms with van der Waals surface area (Å²) in [5.74, 6) is -0.954. The van der Waals surface area contributed by atoms with Crippen molar-refractivity contribution in [1.29, 1.82) is 0 Å². The molecule has 8 nitrogen and oxygen atoms in total. The zero-order valence-electron chi connectivity index (χ0n) is 15.3. The number of carbonyl (C=O) groups excluding carboxylic acids is 2. The van der Waals surface area contributed by atoms with Crippen molar-refractivity contribution in [2.45, 2.75) is 50.2 Å². The summed E-state index contributed by atoms with van der Waals surface area (Å²) in [6, 6.07) is 3.10. The van der Waals surface area contributed by atoms with E-state index in [1.165, 1.54) is 7.11 Å². The molecule has 1 N–H and O–H groups in total. The summed E-state index contributed by atoms with van der Waals surface area (Å²) >= 11 is 0. The lowest BCUT2D eigenvalue weighted by atomic mass is 9.67. The van der Waals surface area contributed by atoms with Crippen LogP contribution >= 0.6 is 0 Å². The van der Waals surface area contributed by atoms with Gasteiger partial charge in [-0.1, -0.05) is 0 Å². The molecule has 0 bridgehead atoms. The number of methoxy groups -OCH3 is 1. The average Bonchev–Trinajstić information content (AvgIpc) is 3.21. The van der Waals surface area contributed by atoms with Crippen molar-refractivity contribution in [3.8, 4) is 11.5 Å². The van der Waals surface area contributed by atoms with Gasteiger partial charge in [0.25, 0.3) is 5.91 Å². The first-order valence-corrected chi connectivity index (χ1v) is 9.06. The molecule has 4 aliphatic rings. The molecule has 1 saturated heterocycles. The quantitative estimate of drug-likeness (QED) is 0.740. The second-order valence-corrected chi connectivity index (χ2v) is 7.82. The van der Waals surface area contributed by atoms with Gasteiger partial charge in [-0.05, 0) is 38.0 Å². The minimum atomic E-state index is -0.773. The van der Waals surface area contributed by atoms with Crippen molar-refractivity contribution in [1.82, 2.24) is 5.32 Å². The lowest BCUT2D eigenvalue weighted by molar-refractivity contribution is -0.151. The number of carbonyl (C=O) groups is 2. The molecule has 3 aliphatic heterocycles. The molecule has 0 spiro atoms. The fourth-order valence-corrected chi connectivity index (χ4v) is 4.84. The maximum atomic E-state index is 12.8. The van der Waals surface area contributed by atoms with Crippen LogP contribution in [-0.2, 0) is 19.0 Å². The Morgan fingerprint density at radius 2 is 1.96 bits per heavy atom. The van der Waals surface area contributed by atoms with Crippen LogP contribution in [0.25, 0.3) is 0 Å². The Labute approximate surface area is 156 Å². The molecule has 5 rings (SSSR count). The molecule has 27 heavy (non-hydrogen) atoms. The van der Waals surface area contributed by atoms with Gasteiger partial charge in [0.1, 0.15) is 6.10 Å². The maximum Gasteiger partial charge on any atom is 0.309 e. The van der Waals surface area contributed by atoms with E-state index in [-0.39, 0.29) is 36.8 Å². The Balaban J connectivity index is 1.63. The van der Waals surface area contributed by atoms with E-state index >= 15 is 0 Å². The number of rotatable bonds is 1. The standard InChI is InChI=1S/C19H21NO7/c1-19(2)26-13-6-10(18(22)23-3)14-8-4-11-12(25-7-24-11)5-9(8)17(21)20-15(14)16(13)27-19/h4-5,10,13-16H,6-7H2,1-3H3,(H,20,21). The molecule has 5 atom stereocenters. The van der Waals surface area contributed by atoms with Crippen LogP contribution in [0.2, 0.25) is 0 Å². The summed E-state index contributed by atoms with van der Waals surface area (Å²) in [4.78, 5) is 25.4. The van der Waals surface area contributed by atoms with Crippen LogP contribution < -0.4 is 14.8 Å². The molecule has 144 valence electrons. The minimum absolute atomic E-state index is 0.115. The lowest BCUT2D eigenvalue weighted by Crippen LogP contribution is -2.60. The Morgan fingerprint density at radius 1 is 1.22 bits per heavy atom. The van der Waals surface area contributed by atoms with E-state index in [0.29, 0.717) is 23.5 Å². The van der Waals surface area contributed by atoms with E-state index in [1.807, 2.05) is 19.9 Å². The fourth-order valence-electron chi connectivity index (χ4n) is 4.84. The average molecular weight is 375 g/mol. The first kappa shape index (κ1) is 16.8. The second-order valence-electron chi connectivity index (χ2n) is 7.82. The van der Waals surface area contributed by atoms with Crippen molar-refractivity contribution >= 4 is 11.9 Å². The maximum absolute atomic E-state index is 12.8. The van der Waals surface area contributed by atoms with Crippen molar-refractivity contribution < 1.29 is 33.3 Å². The number of hydrogen-bond acceptors (Lipinski definition) is 7. The van der Waals surface area contributed by atoms with E-state index in [2.05, 4.69) is 5.32 Å². The highest BCUT2D eigenvalue weighted by Crippen LogP contribution is 2.50. The largest absolute Gasteiger partial charge is 0.469 e. The van der Waals surface area contributed by atoms with Gasteiger partial charge in [0, 0.05) is 11.5 Å². The summed E-state index contributed by atoms with van der Waals surface area (Å²) in [6.07, 6.45) is -0.166.